The van der Waals surface area contributed by atoms with E-state index >= 15 is 0 Å². The first-order valence-corrected chi connectivity index (χ1v) is 4.21. The highest BCUT2D eigenvalue weighted by molar-refractivity contribution is 14.1. The van der Waals surface area contributed by atoms with E-state index in [-0.39, 0.29) is 10.6 Å². The Labute approximate surface area is 81.7 Å². The minimum Gasteiger partial charge on any atom is -0.298 e. The number of hydrogen-bond acceptors (Lipinski definition) is 1. The molecule has 1 aromatic rings. The third kappa shape index (κ3) is 1.70. The van der Waals surface area contributed by atoms with Crippen molar-refractivity contribution in [3.05, 3.63) is 32.1 Å². The van der Waals surface area contributed by atoms with E-state index in [1.165, 1.54) is 12.1 Å². The second kappa shape index (κ2) is 3.49. The second-order valence-corrected chi connectivity index (χ2v) is 3.41. The molecule has 4 heteroatoms. The smallest absolute Gasteiger partial charge is 0.152 e. The Kier molecular flexibility index (Phi) is 2.84. The number of aldehydes is 1. The molecule has 0 aromatic heterocycles. The van der Waals surface area contributed by atoms with Crippen molar-refractivity contribution in [1.82, 2.24) is 0 Å². The molecule has 58 valence electrons. The molecule has 11 heavy (non-hydrogen) atoms. The molecular formula is C7H3ClFIO. The van der Waals surface area contributed by atoms with E-state index in [2.05, 4.69) is 0 Å². The van der Waals surface area contributed by atoms with Gasteiger partial charge in [0.1, 0.15) is 5.82 Å². The first kappa shape index (κ1) is 8.93. The summed E-state index contributed by atoms with van der Waals surface area (Å²) in [5.41, 5.74) is 0.215. The SMILES string of the molecule is O=Cc1c(I)ccc(F)c1Cl. The maximum Gasteiger partial charge on any atom is 0.152 e. The quantitative estimate of drug-likeness (QED) is 0.440. The van der Waals surface area contributed by atoms with Crippen LogP contribution < -0.4 is 0 Å². The summed E-state index contributed by atoms with van der Waals surface area (Å²) in [4.78, 5) is 10.3. The number of carbonyl (C=O) groups is 1. The number of benzene rings is 1. The van der Waals surface area contributed by atoms with Gasteiger partial charge < -0.3 is 0 Å². The van der Waals surface area contributed by atoms with E-state index in [0.717, 1.165) is 0 Å². The molecule has 0 heterocycles. The van der Waals surface area contributed by atoms with Crippen LogP contribution in [-0.2, 0) is 0 Å². The summed E-state index contributed by atoms with van der Waals surface area (Å²) in [6.45, 7) is 0. The molecule has 0 aliphatic heterocycles. The molecule has 0 saturated carbocycles. The normalized spacial score (nSPS) is 9.73. The molecule has 0 bridgehead atoms. The van der Waals surface area contributed by atoms with Crippen molar-refractivity contribution >= 4 is 40.5 Å². The predicted molar refractivity (Wildman–Crippen MR) is 49.5 cm³/mol. The number of carbonyl (C=O) groups excluding carboxylic acids is 1. The third-order valence-corrected chi connectivity index (χ3v) is 2.52. The molecule has 0 unspecified atom stereocenters. The molecule has 0 atom stereocenters. The van der Waals surface area contributed by atoms with E-state index in [9.17, 15) is 9.18 Å². The van der Waals surface area contributed by atoms with E-state index in [4.69, 9.17) is 11.6 Å². The van der Waals surface area contributed by atoms with Crippen LogP contribution in [0.25, 0.3) is 0 Å². The standard InChI is InChI=1S/C7H3ClFIO/c8-7-4(3-11)6(10)2-1-5(7)9/h1-3H. The fourth-order valence-electron chi connectivity index (χ4n) is 0.651. The molecule has 0 aliphatic rings. The Morgan fingerprint density at radius 2 is 2.18 bits per heavy atom. The summed E-state index contributed by atoms with van der Waals surface area (Å²) in [7, 11) is 0. The lowest BCUT2D eigenvalue weighted by molar-refractivity contribution is 0.112. The van der Waals surface area contributed by atoms with Crippen molar-refractivity contribution in [3.63, 3.8) is 0 Å². The maximum absolute atomic E-state index is 12.7. The van der Waals surface area contributed by atoms with Crippen molar-refractivity contribution in [2.75, 3.05) is 0 Å². The minimum atomic E-state index is -0.561. The summed E-state index contributed by atoms with van der Waals surface area (Å²) in [6.07, 6.45) is 0.549. The Balaban J connectivity index is 3.40. The van der Waals surface area contributed by atoms with Gasteiger partial charge in [-0.25, -0.2) is 4.39 Å². The van der Waals surface area contributed by atoms with Crippen LogP contribution in [0.4, 0.5) is 4.39 Å². The van der Waals surface area contributed by atoms with Crippen LogP contribution in [0.3, 0.4) is 0 Å². The lowest BCUT2D eigenvalue weighted by Crippen LogP contribution is -1.90. The van der Waals surface area contributed by atoms with Gasteiger partial charge in [-0.2, -0.15) is 0 Å². The average Bonchev–Trinajstić information content (AvgIpc) is 1.99. The topological polar surface area (TPSA) is 17.1 Å². The number of halogens is 3. The Hall–Kier alpha value is -0.160. The lowest BCUT2D eigenvalue weighted by atomic mass is 10.2. The first-order chi connectivity index (χ1) is 5.16. The molecule has 1 nitrogen and oxygen atoms in total. The molecule has 0 fully saturated rings. The lowest BCUT2D eigenvalue weighted by Gasteiger charge is -1.99. The predicted octanol–water partition coefficient (Wildman–Crippen LogP) is 2.90. The van der Waals surface area contributed by atoms with E-state index < -0.39 is 5.82 Å². The van der Waals surface area contributed by atoms with Crippen LogP contribution >= 0.6 is 34.2 Å². The summed E-state index contributed by atoms with van der Waals surface area (Å²) < 4.78 is 13.3. The van der Waals surface area contributed by atoms with Crippen LogP contribution in [0, 0.1) is 9.39 Å². The molecule has 1 aromatic carbocycles. The Morgan fingerprint density at radius 3 is 2.64 bits per heavy atom. The third-order valence-electron chi connectivity index (χ3n) is 1.20. The second-order valence-electron chi connectivity index (χ2n) is 1.87. The summed E-state index contributed by atoms with van der Waals surface area (Å²) in [5, 5.41) is -0.105. The highest BCUT2D eigenvalue weighted by Crippen LogP contribution is 2.22. The molecular weight excluding hydrogens is 281 g/mol. The molecule has 0 N–H and O–H groups in total. The van der Waals surface area contributed by atoms with Gasteiger partial charge in [0, 0.05) is 9.13 Å². The molecule has 0 aliphatic carbocycles. The van der Waals surface area contributed by atoms with Crippen molar-refractivity contribution < 1.29 is 9.18 Å². The average molecular weight is 284 g/mol. The minimum absolute atomic E-state index is 0.105. The van der Waals surface area contributed by atoms with E-state index in [1.54, 1.807) is 0 Å². The summed E-state index contributed by atoms with van der Waals surface area (Å²) in [5.74, 6) is -0.561. The van der Waals surface area contributed by atoms with Crippen molar-refractivity contribution in [1.29, 1.82) is 0 Å². The zero-order valence-corrected chi connectivity index (χ0v) is 8.19. The van der Waals surface area contributed by atoms with E-state index in [1.807, 2.05) is 22.6 Å². The fourth-order valence-corrected chi connectivity index (χ4v) is 1.60. The van der Waals surface area contributed by atoms with Crippen LogP contribution in [-0.4, -0.2) is 6.29 Å². The highest BCUT2D eigenvalue weighted by atomic mass is 127. The van der Waals surface area contributed by atoms with Gasteiger partial charge in [0.05, 0.1) is 5.02 Å². The molecule has 0 amide bonds. The molecule has 1 rings (SSSR count). The first-order valence-electron chi connectivity index (χ1n) is 2.75. The van der Waals surface area contributed by atoms with Gasteiger partial charge in [0.15, 0.2) is 6.29 Å². The highest BCUT2D eigenvalue weighted by Gasteiger charge is 2.08. The van der Waals surface area contributed by atoms with Gasteiger partial charge >= 0.3 is 0 Å². The van der Waals surface area contributed by atoms with Crippen molar-refractivity contribution in [3.8, 4) is 0 Å². The monoisotopic (exact) mass is 284 g/mol. The molecule has 0 radical (unpaired) electrons. The van der Waals surface area contributed by atoms with Gasteiger partial charge in [-0.05, 0) is 34.7 Å². The van der Waals surface area contributed by atoms with Gasteiger partial charge in [0.2, 0.25) is 0 Å². The van der Waals surface area contributed by atoms with Crippen LogP contribution in [0.15, 0.2) is 12.1 Å². The van der Waals surface area contributed by atoms with Gasteiger partial charge in [0.25, 0.3) is 0 Å². The molecule has 0 saturated heterocycles. The maximum atomic E-state index is 12.7. The number of hydrogen-bond donors (Lipinski definition) is 0. The zero-order chi connectivity index (χ0) is 8.43. The van der Waals surface area contributed by atoms with Crippen molar-refractivity contribution in [2.45, 2.75) is 0 Å². The Morgan fingerprint density at radius 1 is 1.55 bits per heavy atom. The van der Waals surface area contributed by atoms with Gasteiger partial charge in [-0.3, -0.25) is 4.79 Å². The van der Waals surface area contributed by atoms with Gasteiger partial charge in [-0.15, -0.1) is 0 Å². The fraction of sp³-hybridized carbons (Fsp3) is 0. The zero-order valence-electron chi connectivity index (χ0n) is 5.27. The largest absolute Gasteiger partial charge is 0.298 e. The molecule has 0 spiro atoms. The van der Waals surface area contributed by atoms with Crippen molar-refractivity contribution in [2.24, 2.45) is 0 Å². The summed E-state index contributed by atoms with van der Waals surface area (Å²) >= 11 is 7.41. The van der Waals surface area contributed by atoms with Crippen LogP contribution in [0.5, 0.6) is 0 Å². The van der Waals surface area contributed by atoms with Crippen LogP contribution in [0.1, 0.15) is 10.4 Å². The summed E-state index contributed by atoms with van der Waals surface area (Å²) in [6, 6.07) is 2.74. The van der Waals surface area contributed by atoms with Crippen LogP contribution in [0.2, 0.25) is 5.02 Å². The van der Waals surface area contributed by atoms with Gasteiger partial charge in [-0.1, -0.05) is 11.6 Å². The number of rotatable bonds is 1. The van der Waals surface area contributed by atoms with E-state index in [0.29, 0.717) is 9.86 Å². The Bertz CT molecular complexity index is 301.